The molecule has 0 aliphatic carbocycles. The van der Waals surface area contributed by atoms with Crippen LogP contribution in [0.15, 0.2) is 29.0 Å². The molecule has 1 unspecified atom stereocenters. The number of fused-ring (bicyclic) bond motifs is 1. The minimum Gasteiger partial charge on any atom is -0.383 e. The first kappa shape index (κ1) is 14.4. The molecule has 3 aromatic heterocycles. The van der Waals surface area contributed by atoms with Crippen LogP contribution in [0.1, 0.15) is 17.6 Å². The molecule has 3 rings (SSSR count). The molecule has 3 heterocycles. The van der Waals surface area contributed by atoms with Gasteiger partial charge in [-0.25, -0.2) is 9.97 Å². The summed E-state index contributed by atoms with van der Waals surface area (Å²) in [4.78, 5) is 13.7. The average molecular weight is 318 g/mol. The van der Waals surface area contributed by atoms with Crippen molar-refractivity contribution in [1.29, 1.82) is 0 Å². The second kappa shape index (κ2) is 6.09. The zero-order valence-corrected chi connectivity index (χ0v) is 13.7. The molecule has 4 nitrogen and oxygen atoms in total. The molecular weight excluding hydrogens is 300 g/mol. The van der Waals surface area contributed by atoms with Crippen molar-refractivity contribution < 1.29 is 0 Å². The Morgan fingerprint density at radius 3 is 2.86 bits per heavy atom. The van der Waals surface area contributed by atoms with Crippen LogP contribution in [0.4, 0.5) is 5.82 Å². The maximum Gasteiger partial charge on any atom is 0.146 e. The Labute approximate surface area is 132 Å². The Morgan fingerprint density at radius 2 is 2.10 bits per heavy atom. The molecule has 0 saturated heterocycles. The molecule has 110 valence electrons. The van der Waals surface area contributed by atoms with Crippen LogP contribution >= 0.6 is 22.7 Å². The van der Waals surface area contributed by atoms with E-state index in [4.69, 9.17) is 5.73 Å². The fourth-order valence-electron chi connectivity index (χ4n) is 2.25. The largest absolute Gasteiger partial charge is 0.383 e. The van der Waals surface area contributed by atoms with E-state index < -0.39 is 0 Å². The van der Waals surface area contributed by atoms with Gasteiger partial charge in [0.1, 0.15) is 16.5 Å². The van der Waals surface area contributed by atoms with E-state index in [9.17, 15) is 0 Å². The molecule has 0 bridgehead atoms. The summed E-state index contributed by atoms with van der Waals surface area (Å²) >= 11 is 3.41. The minimum absolute atomic E-state index is 0.438. The highest BCUT2D eigenvalue weighted by molar-refractivity contribution is 7.16. The van der Waals surface area contributed by atoms with E-state index in [1.807, 2.05) is 11.4 Å². The lowest BCUT2D eigenvalue weighted by molar-refractivity contribution is 0.243. The lowest BCUT2D eigenvalue weighted by Crippen LogP contribution is -2.31. The number of nitrogens with two attached hydrogens (primary N) is 1. The van der Waals surface area contributed by atoms with Crippen LogP contribution in [0.3, 0.4) is 0 Å². The molecule has 2 N–H and O–H groups in total. The zero-order valence-electron chi connectivity index (χ0n) is 12.1. The fourth-order valence-corrected chi connectivity index (χ4v) is 3.87. The second-order valence-electron chi connectivity index (χ2n) is 5.21. The summed E-state index contributed by atoms with van der Waals surface area (Å²) in [6, 6.07) is 6.69. The van der Waals surface area contributed by atoms with Gasteiger partial charge in [0.25, 0.3) is 0 Å². The number of nitrogens with zero attached hydrogens (tertiary/aromatic N) is 3. The van der Waals surface area contributed by atoms with Crippen LogP contribution < -0.4 is 5.73 Å². The third kappa shape index (κ3) is 3.23. The number of thiophene rings is 2. The van der Waals surface area contributed by atoms with Crippen molar-refractivity contribution in [2.45, 2.75) is 25.9 Å². The van der Waals surface area contributed by atoms with Crippen LogP contribution in [0.2, 0.25) is 0 Å². The maximum atomic E-state index is 6.00. The maximum absolute atomic E-state index is 6.00. The van der Waals surface area contributed by atoms with Crippen LogP contribution in [-0.2, 0) is 13.0 Å². The number of nitrogen functional groups attached to an aromatic ring is 1. The number of hydrogen-bond acceptors (Lipinski definition) is 6. The summed E-state index contributed by atoms with van der Waals surface area (Å²) in [5.74, 6) is 1.37. The minimum atomic E-state index is 0.438. The first-order chi connectivity index (χ1) is 10.1. The number of anilines is 1. The van der Waals surface area contributed by atoms with Crippen molar-refractivity contribution in [3.05, 3.63) is 39.7 Å². The quantitative estimate of drug-likeness (QED) is 0.783. The molecule has 0 spiro atoms. The Kier molecular flexibility index (Phi) is 4.19. The third-order valence-electron chi connectivity index (χ3n) is 3.62. The van der Waals surface area contributed by atoms with E-state index >= 15 is 0 Å². The highest BCUT2D eigenvalue weighted by atomic mass is 32.1. The predicted octanol–water partition coefficient (Wildman–Crippen LogP) is 3.40. The molecule has 0 amide bonds. The summed E-state index contributed by atoms with van der Waals surface area (Å²) in [7, 11) is 2.11. The number of aromatic nitrogens is 2. The van der Waals surface area contributed by atoms with Crippen LogP contribution in [0.5, 0.6) is 0 Å². The van der Waals surface area contributed by atoms with E-state index in [0.717, 1.165) is 22.5 Å². The number of rotatable bonds is 5. The van der Waals surface area contributed by atoms with Gasteiger partial charge in [-0.1, -0.05) is 6.07 Å². The monoisotopic (exact) mass is 318 g/mol. The Bertz CT molecular complexity index is 720. The molecule has 0 aromatic carbocycles. The van der Waals surface area contributed by atoms with E-state index in [-0.39, 0.29) is 0 Å². The van der Waals surface area contributed by atoms with Crippen molar-refractivity contribution in [2.75, 3.05) is 12.8 Å². The second-order valence-corrected chi connectivity index (χ2v) is 7.14. The highest BCUT2D eigenvalue weighted by Gasteiger charge is 2.14. The van der Waals surface area contributed by atoms with Crippen LogP contribution in [-0.4, -0.2) is 28.0 Å². The molecular formula is C15H18N4S2. The average Bonchev–Trinajstić information content (AvgIpc) is 3.09. The fraction of sp³-hybridized carbons (Fsp3) is 0.333. The van der Waals surface area contributed by atoms with Crippen LogP contribution in [0.25, 0.3) is 10.2 Å². The van der Waals surface area contributed by atoms with E-state index in [0.29, 0.717) is 18.4 Å². The number of likely N-dealkylation sites (N-methyl/N-ethyl adjacent to an activating group) is 1. The summed E-state index contributed by atoms with van der Waals surface area (Å²) < 4.78 is 0. The van der Waals surface area contributed by atoms with Crippen molar-refractivity contribution in [1.82, 2.24) is 14.9 Å². The SMILES string of the molecule is CC(Cc1cccs1)N(C)Cc1nc(N)c2ccsc2n1. The smallest absolute Gasteiger partial charge is 0.146 e. The van der Waals surface area contributed by atoms with Gasteiger partial charge < -0.3 is 5.73 Å². The lowest BCUT2D eigenvalue weighted by Gasteiger charge is -2.23. The van der Waals surface area contributed by atoms with Gasteiger partial charge in [0.15, 0.2) is 0 Å². The van der Waals surface area contributed by atoms with Gasteiger partial charge >= 0.3 is 0 Å². The van der Waals surface area contributed by atoms with E-state index in [1.165, 1.54) is 4.88 Å². The van der Waals surface area contributed by atoms with Gasteiger partial charge in [0, 0.05) is 10.9 Å². The first-order valence-electron chi connectivity index (χ1n) is 6.85. The van der Waals surface area contributed by atoms with Crippen molar-refractivity contribution in [3.63, 3.8) is 0 Å². The Morgan fingerprint density at radius 1 is 1.24 bits per heavy atom. The van der Waals surface area contributed by atoms with Crippen molar-refractivity contribution in [2.24, 2.45) is 0 Å². The van der Waals surface area contributed by atoms with Gasteiger partial charge in [-0.3, -0.25) is 4.90 Å². The molecule has 21 heavy (non-hydrogen) atoms. The molecule has 0 aliphatic rings. The Balaban J connectivity index is 1.71. The summed E-state index contributed by atoms with van der Waals surface area (Å²) in [5, 5.41) is 5.08. The van der Waals surface area contributed by atoms with Gasteiger partial charge in [0.05, 0.1) is 11.9 Å². The Hall–Kier alpha value is -1.50. The van der Waals surface area contributed by atoms with Gasteiger partial charge in [-0.05, 0) is 43.3 Å². The topological polar surface area (TPSA) is 55.0 Å². The summed E-state index contributed by atoms with van der Waals surface area (Å²) in [6.07, 6.45) is 1.05. The molecule has 3 aromatic rings. The molecule has 6 heteroatoms. The normalized spacial score (nSPS) is 13.1. The number of hydrogen-bond donors (Lipinski definition) is 1. The molecule has 0 fully saturated rings. The van der Waals surface area contributed by atoms with Crippen molar-refractivity contribution >= 4 is 38.7 Å². The first-order valence-corrected chi connectivity index (χ1v) is 8.61. The molecule has 0 radical (unpaired) electrons. The molecule has 1 atom stereocenters. The highest BCUT2D eigenvalue weighted by Crippen LogP contribution is 2.23. The standard InChI is InChI=1S/C15H18N4S2/c1-10(8-11-4-3-6-20-11)19(2)9-13-17-14(16)12-5-7-21-15(12)18-13/h3-7,10H,8-9H2,1-2H3,(H2,16,17,18). The van der Waals surface area contributed by atoms with Gasteiger partial charge in [-0.15, -0.1) is 22.7 Å². The van der Waals surface area contributed by atoms with Gasteiger partial charge in [0.2, 0.25) is 0 Å². The summed E-state index contributed by atoms with van der Waals surface area (Å²) in [5.41, 5.74) is 6.00. The van der Waals surface area contributed by atoms with Crippen LogP contribution in [0, 0.1) is 0 Å². The predicted molar refractivity (Wildman–Crippen MR) is 90.8 cm³/mol. The zero-order chi connectivity index (χ0) is 14.8. The van der Waals surface area contributed by atoms with Crippen molar-refractivity contribution in [3.8, 4) is 0 Å². The lowest BCUT2D eigenvalue weighted by atomic mass is 10.2. The molecule has 0 saturated carbocycles. The van der Waals surface area contributed by atoms with E-state index in [2.05, 4.69) is 46.4 Å². The third-order valence-corrected chi connectivity index (χ3v) is 5.33. The summed E-state index contributed by atoms with van der Waals surface area (Å²) in [6.45, 7) is 2.94. The van der Waals surface area contributed by atoms with E-state index in [1.54, 1.807) is 22.7 Å². The van der Waals surface area contributed by atoms with Gasteiger partial charge in [-0.2, -0.15) is 0 Å². The molecule has 0 aliphatic heterocycles.